The van der Waals surface area contributed by atoms with E-state index in [1.165, 1.54) is 31.4 Å². The van der Waals surface area contributed by atoms with E-state index in [4.69, 9.17) is 4.74 Å². The molecule has 2 N–H and O–H groups in total. The predicted octanol–water partition coefficient (Wildman–Crippen LogP) is 0.685. The molecule has 0 aliphatic carbocycles. The van der Waals surface area contributed by atoms with Crippen molar-refractivity contribution in [1.29, 1.82) is 0 Å². The van der Waals surface area contributed by atoms with Crippen LogP contribution in [-0.4, -0.2) is 33.0 Å². The summed E-state index contributed by atoms with van der Waals surface area (Å²) in [6.45, 7) is -0.106. The first kappa shape index (κ1) is 16.9. The van der Waals surface area contributed by atoms with Crippen molar-refractivity contribution in [2.75, 3.05) is 13.7 Å². The number of benzene rings is 1. The fourth-order valence-corrected chi connectivity index (χ4v) is 2.74. The summed E-state index contributed by atoms with van der Waals surface area (Å²) in [5.74, 6) is 0.116. The number of hydrogen-bond donors (Lipinski definition) is 2. The third kappa shape index (κ3) is 5.04. The van der Waals surface area contributed by atoms with E-state index in [0.717, 1.165) is 0 Å². The van der Waals surface area contributed by atoms with E-state index in [-0.39, 0.29) is 18.0 Å². The number of sulfonamides is 1. The summed E-state index contributed by atoms with van der Waals surface area (Å²) in [6.07, 6.45) is 1.62. The van der Waals surface area contributed by atoms with Gasteiger partial charge in [-0.15, -0.1) is 0 Å². The molecule has 1 aromatic heterocycles. The molecule has 0 saturated heterocycles. The highest BCUT2D eigenvalue weighted by molar-refractivity contribution is 7.89. The number of carbonyl (C=O) groups is 1. The number of nitrogens with one attached hydrogen (secondary N) is 2. The second-order valence-electron chi connectivity index (χ2n) is 4.60. The maximum atomic E-state index is 12.1. The van der Waals surface area contributed by atoms with Crippen LogP contribution in [0.2, 0.25) is 0 Å². The third-order valence-electron chi connectivity index (χ3n) is 2.99. The summed E-state index contributed by atoms with van der Waals surface area (Å²) in [4.78, 5) is 15.8. The number of ether oxygens (including phenoxy) is 1. The van der Waals surface area contributed by atoms with Gasteiger partial charge in [0, 0.05) is 6.20 Å². The van der Waals surface area contributed by atoms with E-state index in [1.807, 2.05) is 0 Å². The summed E-state index contributed by atoms with van der Waals surface area (Å²) in [5, 5.41) is 2.59. The maximum Gasteiger partial charge on any atom is 0.241 e. The lowest BCUT2D eigenvalue weighted by molar-refractivity contribution is -0.120. The van der Waals surface area contributed by atoms with E-state index in [9.17, 15) is 13.2 Å². The van der Waals surface area contributed by atoms with Gasteiger partial charge in [0.1, 0.15) is 5.75 Å². The minimum atomic E-state index is -3.75. The zero-order valence-corrected chi connectivity index (χ0v) is 13.3. The highest BCUT2D eigenvalue weighted by atomic mass is 32.2. The molecule has 0 aliphatic rings. The summed E-state index contributed by atoms with van der Waals surface area (Å²) in [7, 11) is -2.25. The van der Waals surface area contributed by atoms with Gasteiger partial charge in [0.15, 0.2) is 0 Å². The summed E-state index contributed by atoms with van der Waals surface area (Å²) < 4.78 is 31.3. The number of hydrogen-bond acceptors (Lipinski definition) is 5. The Morgan fingerprint density at radius 3 is 2.52 bits per heavy atom. The minimum Gasteiger partial charge on any atom is -0.497 e. The molecule has 2 aromatic rings. The van der Waals surface area contributed by atoms with Crippen molar-refractivity contribution in [3.05, 3.63) is 54.4 Å². The Balaban J connectivity index is 1.87. The van der Waals surface area contributed by atoms with Gasteiger partial charge in [-0.25, -0.2) is 13.1 Å². The molecule has 7 nitrogen and oxygen atoms in total. The van der Waals surface area contributed by atoms with Crippen LogP contribution in [0.4, 0.5) is 0 Å². The standard InChI is InChI=1S/C15H17N3O4S/c1-22-13-5-7-14(8-6-13)23(20,21)18-11-15(19)17-10-12-4-2-3-9-16-12/h2-9,18H,10-11H2,1H3,(H,17,19). The Bertz CT molecular complexity index is 746. The number of pyridine rings is 1. The number of rotatable bonds is 7. The molecule has 0 radical (unpaired) electrons. The molecule has 1 aromatic carbocycles. The van der Waals surface area contributed by atoms with Crippen molar-refractivity contribution in [3.8, 4) is 5.75 Å². The van der Waals surface area contributed by atoms with Gasteiger partial charge in [0.2, 0.25) is 15.9 Å². The van der Waals surface area contributed by atoms with Crippen LogP contribution in [0.3, 0.4) is 0 Å². The summed E-state index contributed by atoms with van der Waals surface area (Å²) in [6, 6.07) is 11.2. The Labute approximate surface area is 134 Å². The molecular formula is C15H17N3O4S. The molecular weight excluding hydrogens is 318 g/mol. The predicted molar refractivity (Wildman–Crippen MR) is 84.3 cm³/mol. The van der Waals surface area contributed by atoms with Crippen molar-refractivity contribution >= 4 is 15.9 Å². The summed E-state index contributed by atoms with van der Waals surface area (Å²) >= 11 is 0. The quantitative estimate of drug-likeness (QED) is 0.776. The second kappa shape index (κ2) is 7.70. The number of methoxy groups -OCH3 is 1. The molecule has 2 rings (SSSR count). The van der Waals surface area contributed by atoms with E-state index in [0.29, 0.717) is 11.4 Å². The molecule has 0 atom stereocenters. The lowest BCUT2D eigenvalue weighted by atomic mass is 10.3. The van der Waals surface area contributed by atoms with E-state index < -0.39 is 15.9 Å². The molecule has 122 valence electrons. The van der Waals surface area contributed by atoms with Crippen LogP contribution in [0.25, 0.3) is 0 Å². The van der Waals surface area contributed by atoms with E-state index in [1.54, 1.807) is 24.4 Å². The Hall–Kier alpha value is -2.45. The Morgan fingerprint density at radius 2 is 1.91 bits per heavy atom. The van der Waals surface area contributed by atoms with Gasteiger partial charge in [-0.2, -0.15) is 0 Å². The molecule has 23 heavy (non-hydrogen) atoms. The molecule has 0 spiro atoms. The SMILES string of the molecule is COc1ccc(S(=O)(=O)NCC(=O)NCc2ccccn2)cc1. The molecule has 0 aliphatic heterocycles. The molecule has 0 unspecified atom stereocenters. The minimum absolute atomic E-state index is 0.0656. The van der Waals surface area contributed by atoms with Crippen LogP contribution >= 0.6 is 0 Å². The van der Waals surface area contributed by atoms with Gasteiger partial charge in [0.25, 0.3) is 0 Å². The molecule has 1 heterocycles. The lowest BCUT2D eigenvalue weighted by Crippen LogP contribution is -2.36. The average Bonchev–Trinajstić information content (AvgIpc) is 2.59. The van der Waals surface area contributed by atoms with Crippen molar-refractivity contribution in [1.82, 2.24) is 15.0 Å². The second-order valence-corrected chi connectivity index (χ2v) is 6.36. The molecule has 1 amide bonds. The molecule has 0 bridgehead atoms. The fraction of sp³-hybridized carbons (Fsp3) is 0.200. The fourth-order valence-electron chi connectivity index (χ4n) is 1.75. The van der Waals surface area contributed by atoms with E-state index >= 15 is 0 Å². The van der Waals surface area contributed by atoms with Crippen LogP contribution in [0.15, 0.2) is 53.6 Å². The number of aromatic nitrogens is 1. The molecule has 0 fully saturated rings. The largest absolute Gasteiger partial charge is 0.497 e. The van der Waals surface area contributed by atoms with Crippen molar-refractivity contribution in [2.24, 2.45) is 0 Å². The average molecular weight is 335 g/mol. The van der Waals surface area contributed by atoms with Crippen molar-refractivity contribution in [3.63, 3.8) is 0 Å². The smallest absolute Gasteiger partial charge is 0.241 e. The third-order valence-corrected chi connectivity index (χ3v) is 4.40. The highest BCUT2D eigenvalue weighted by Crippen LogP contribution is 2.14. The zero-order valence-electron chi connectivity index (χ0n) is 12.5. The first-order valence-corrected chi connectivity index (χ1v) is 8.30. The molecule has 8 heteroatoms. The summed E-state index contributed by atoms with van der Waals surface area (Å²) in [5.41, 5.74) is 0.693. The van der Waals surface area contributed by atoms with Crippen LogP contribution < -0.4 is 14.8 Å². The first-order chi connectivity index (χ1) is 11.0. The van der Waals surface area contributed by atoms with Gasteiger partial charge >= 0.3 is 0 Å². The highest BCUT2D eigenvalue weighted by Gasteiger charge is 2.15. The topological polar surface area (TPSA) is 97.4 Å². The van der Waals surface area contributed by atoms with Crippen LogP contribution in [-0.2, 0) is 21.4 Å². The maximum absolute atomic E-state index is 12.1. The van der Waals surface area contributed by atoms with Gasteiger partial charge in [-0.05, 0) is 36.4 Å². The van der Waals surface area contributed by atoms with Gasteiger partial charge in [-0.3, -0.25) is 9.78 Å². The van der Waals surface area contributed by atoms with Crippen molar-refractivity contribution in [2.45, 2.75) is 11.4 Å². The van der Waals surface area contributed by atoms with Crippen LogP contribution in [0, 0.1) is 0 Å². The van der Waals surface area contributed by atoms with Gasteiger partial charge in [-0.1, -0.05) is 6.07 Å². The zero-order chi connectivity index (χ0) is 16.7. The first-order valence-electron chi connectivity index (χ1n) is 6.81. The number of amides is 1. The molecule has 0 saturated carbocycles. The monoisotopic (exact) mass is 335 g/mol. The Kier molecular flexibility index (Phi) is 5.67. The van der Waals surface area contributed by atoms with Crippen molar-refractivity contribution < 1.29 is 17.9 Å². The normalized spacial score (nSPS) is 11.0. The van der Waals surface area contributed by atoms with E-state index in [2.05, 4.69) is 15.0 Å². The number of nitrogens with zero attached hydrogens (tertiary/aromatic N) is 1. The van der Waals surface area contributed by atoms with Gasteiger partial charge in [0.05, 0.1) is 30.8 Å². The lowest BCUT2D eigenvalue weighted by Gasteiger charge is -2.08. The number of carbonyl (C=O) groups excluding carboxylic acids is 1. The van der Waals surface area contributed by atoms with Crippen LogP contribution in [0.1, 0.15) is 5.69 Å². The van der Waals surface area contributed by atoms with Gasteiger partial charge < -0.3 is 10.1 Å². The Morgan fingerprint density at radius 1 is 1.17 bits per heavy atom. The van der Waals surface area contributed by atoms with Crippen LogP contribution in [0.5, 0.6) is 5.75 Å².